The van der Waals surface area contributed by atoms with E-state index in [1.807, 2.05) is 18.2 Å². The molecule has 4 nitrogen and oxygen atoms in total. The minimum atomic E-state index is -0.373. The minimum absolute atomic E-state index is 0.342. The number of nitrogens with one attached hydrogen (secondary N) is 1. The molecule has 1 aromatic rings. The summed E-state index contributed by atoms with van der Waals surface area (Å²) in [4.78, 5) is 22.4. The zero-order valence-electron chi connectivity index (χ0n) is 7.99. The van der Waals surface area contributed by atoms with Gasteiger partial charge in [-0.05, 0) is 11.1 Å². The summed E-state index contributed by atoms with van der Waals surface area (Å²) in [6, 6.07) is 7.28. The van der Waals surface area contributed by atoms with Crippen molar-refractivity contribution in [1.29, 1.82) is 0 Å². The van der Waals surface area contributed by atoms with Crippen LogP contribution in [0.2, 0.25) is 0 Å². The Hall–Kier alpha value is -1.94. The van der Waals surface area contributed by atoms with E-state index in [9.17, 15) is 9.59 Å². The van der Waals surface area contributed by atoms with Crippen molar-refractivity contribution in [2.45, 2.75) is 6.54 Å². The molecule has 1 aliphatic rings. The molecule has 0 radical (unpaired) electrons. The maximum Gasteiger partial charge on any atom is 0.258 e. The predicted octanol–water partition coefficient (Wildman–Crippen LogP) is 0.185. The molecular formula is C11H10N2O2. The number of hydrogen-bond acceptors (Lipinski definition) is 3. The molecule has 1 heterocycles. The van der Waals surface area contributed by atoms with Crippen LogP contribution in [0.25, 0.3) is 5.57 Å². The molecule has 15 heavy (non-hydrogen) atoms. The second-order valence-electron chi connectivity index (χ2n) is 3.24. The third-order valence-corrected chi connectivity index (χ3v) is 2.28. The van der Waals surface area contributed by atoms with E-state index in [2.05, 4.69) is 5.32 Å². The van der Waals surface area contributed by atoms with Crippen molar-refractivity contribution in [3.8, 4) is 0 Å². The van der Waals surface area contributed by atoms with Gasteiger partial charge < -0.3 is 5.73 Å². The fraction of sp³-hybridized carbons (Fsp3) is 0.0909. The summed E-state index contributed by atoms with van der Waals surface area (Å²) in [7, 11) is 0. The van der Waals surface area contributed by atoms with Gasteiger partial charge in [0, 0.05) is 12.6 Å². The highest BCUT2D eigenvalue weighted by Crippen LogP contribution is 2.21. The molecule has 1 aromatic carbocycles. The van der Waals surface area contributed by atoms with Crippen molar-refractivity contribution in [1.82, 2.24) is 5.32 Å². The Morgan fingerprint density at radius 1 is 1.20 bits per heavy atom. The van der Waals surface area contributed by atoms with Gasteiger partial charge in [-0.15, -0.1) is 0 Å². The molecule has 0 bridgehead atoms. The maximum atomic E-state index is 11.4. The van der Waals surface area contributed by atoms with Gasteiger partial charge in [0.25, 0.3) is 11.8 Å². The smallest absolute Gasteiger partial charge is 0.258 e. The Kier molecular flexibility index (Phi) is 2.35. The third-order valence-electron chi connectivity index (χ3n) is 2.28. The first-order valence-electron chi connectivity index (χ1n) is 4.57. The Bertz CT molecular complexity index is 463. The summed E-state index contributed by atoms with van der Waals surface area (Å²) >= 11 is 0. The Morgan fingerprint density at radius 3 is 2.53 bits per heavy atom. The van der Waals surface area contributed by atoms with Crippen LogP contribution >= 0.6 is 0 Å². The molecule has 76 valence electrons. The van der Waals surface area contributed by atoms with E-state index in [1.54, 1.807) is 6.07 Å². The van der Waals surface area contributed by atoms with Crippen LogP contribution in [0.15, 0.2) is 30.3 Å². The van der Waals surface area contributed by atoms with Crippen LogP contribution in [0.3, 0.4) is 0 Å². The zero-order valence-corrected chi connectivity index (χ0v) is 7.99. The summed E-state index contributed by atoms with van der Waals surface area (Å²) in [6.45, 7) is 0.342. The van der Waals surface area contributed by atoms with Gasteiger partial charge in [0.05, 0.1) is 5.57 Å². The quantitative estimate of drug-likeness (QED) is 0.672. The lowest BCUT2D eigenvalue weighted by Crippen LogP contribution is -2.22. The summed E-state index contributed by atoms with van der Waals surface area (Å²) in [6.07, 6.45) is 1.30. The van der Waals surface area contributed by atoms with E-state index < -0.39 is 0 Å². The van der Waals surface area contributed by atoms with Gasteiger partial charge in [-0.2, -0.15) is 0 Å². The third kappa shape index (κ3) is 1.67. The topological polar surface area (TPSA) is 72.2 Å². The molecule has 2 rings (SSSR count). The van der Waals surface area contributed by atoms with Crippen molar-refractivity contribution >= 4 is 17.4 Å². The minimum Gasteiger partial charge on any atom is -0.326 e. The van der Waals surface area contributed by atoms with Crippen LogP contribution in [0.5, 0.6) is 0 Å². The van der Waals surface area contributed by atoms with E-state index in [4.69, 9.17) is 5.73 Å². The molecule has 0 aliphatic carbocycles. The molecule has 0 aromatic heterocycles. The maximum absolute atomic E-state index is 11.4. The van der Waals surface area contributed by atoms with E-state index >= 15 is 0 Å². The molecule has 0 spiro atoms. The fourth-order valence-electron chi connectivity index (χ4n) is 1.57. The van der Waals surface area contributed by atoms with Crippen LogP contribution < -0.4 is 11.1 Å². The largest absolute Gasteiger partial charge is 0.326 e. The average Bonchev–Trinajstić information content (AvgIpc) is 2.57. The molecule has 2 amide bonds. The second kappa shape index (κ2) is 3.67. The summed E-state index contributed by atoms with van der Waals surface area (Å²) in [5, 5.41) is 2.21. The lowest BCUT2D eigenvalue weighted by molar-refractivity contribution is -0.123. The normalized spacial score (nSPS) is 15.1. The fourth-order valence-corrected chi connectivity index (χ4v) is 1.57. The van der Waals surface area contributed by atoms with Crippen molar-refractivity contribution in [2.75, 3.05) is 0 Å². The molecule has 0 fully saturated rings. The molecule has 4 heteroatoms. The molecule has 3 N–H and O–H groups in total. The van der Waals surface area contributed by atoms with E-state index in [0.29, 0.717) is 12.1 Å². The van der Waals surface area contributed by atoms with Gasteiger partial charge in [0.15, 0.2) is 0 Å². The molecule has 1 aliphatic heterocycles. The van der Waals surface area contributed by atoms with Gasteiger partial charge in [0.1, 0.15) is 0 Å². The summed E-state index contributed by atoms with van der Waals surface area (Å²) < 4.78 is 0. The molecular weight excluding hydrogens is 192 g/mol. The van der Waals surface area contributed by atoms with Gasteiger partial charge >= 0.3 is 0 Å². The number of carbonyl (C=O) groups excluding carboxylic acids is 2. The first-order chi connectivity index (χ1) is 7.22. The Balaban J connectivity index is 2.50. The van der Waals surface area contributed by atoms with Crippen LogP contribution in [0, 0.1) is 0 Å². The highest BCUT2D eigenvalue weighted by molar-refractivity contribution is 6.33. The predicted molar refractivity (Wildman–Crippen MR) is 55.5 cm³/mol. The number of carbonyl (C=O) groups is 2. The van der Waals surface area contributed by atoms with Gasteiger partial charge in [-0.3, -0.25) is 14.9 Å². The van der Waals surface area contributed by atoms with E-state index in [0.717, 1.165) is 11.1 Å². The van der Waals surface area contributed by atoms with Crippen LogP contribution in [-0.4, -0.2) is 11.8 Å². The summed E-state index contributed by atoms with van der Waals surface area (Å²) in [5.74, 6) is -0.734. The Labute approximate surface area is 86.8 Å². The van der Waals surface area contributed by atoms with Crippen molar-refractivity contribution in [3.05, 3.63) is 41.5 Å². The number of rotatable bonds is 2. The average molecular weight is 202 g/mol. The van der Waals surface area contributed by atoms with E-state index in [1.165, 1.54) is 6.08 Å². The lowest BCUT2D eigenvalue weighted by Gasteiger charge is -2.06. The number of hydrogen-bond donors (Lipinski definition) is 2. The number of nitrogens with two attached hydrogens (primary N) is 1. The van der Waals surface area contributed by atoms with Crippen molar-refractivity contribution in [2.24, 2.45) is 5.73 Å². The second-order valence-corrected chi connectivity index (χ2v) is 3.24. The van der Waals surface area contributed by atoms with E-state index in [-0.39, 0.29) is 11.8 Å². The summed E-state index contributed by atoms with van der Waals surface area (Å²) in [5.41, 5.74) is 7.52. The zero-order chi connectivity index (χ0) is 10.8. The monoisotopic (exact) mass is 202 g/mol. The number of imide groups is 1. The van der Waals surface area contributed by atoms with Gasteiger partial charge in [0.2, 0.25) is 0 Å². The molecule has 0 saturated carbocycles. The number of benzene rings is 1. The SMILES string of the molecule is NCc1ccccc1C1=CC(=O)NC1=O. The molecule has 0 unspecified atom stereocenters. The van der Waals surface area contributed by atoms with Crippen molar-refractivity contribution < 1.29 is 9.59 Å². The van der Waals surface area contributed by atoms with Crippen LogP contribution in [-0.2, 0) is 16.1 Å². The van der Waals surface area contributed by atoms with Crippen molar-refractivity contribution in [3.63, 3.8) is 0 Å². The van der Waals surface area contributed by atoms with Crippen LogP contribution in [0.4, 0.5) is 0 Å². The van der Waals surface area contributed by atoms with Gasteiger partial charge in [-0.1, -0.05) is 24.3 Å². The lowest BCUT2D eigenvalue weighted by atomic mass is 10.00. The first kappa shape index (κ1) is 9.61. The van der Waals surface area contributed by atoms with Gasteiger partial charge in [-0.25, -0.2) is 0 Å². The first-order valence-corrected chi connectivity index (χ1v) is 4.57. The highest BCUT2D eigenvalue weighted by atomic mass is 16.2. The molecule has 0 saturated heterocycles. The standard InChI is InChI=1S/C11H10N2O2/c12-6-7-3-1-2-4-8(7)9-5-10(14)13-11(9)15/h1-5H,6,12H2,(H,13,14,15). The van der Waals surface area contributed by atoms with Crippen LogP contribution in [0.1, 0.15) is 11.1 Å². The highest BCUT2D eigenvalue weighted by Gasteiger charge is 2.23. The number of amides is 2. The molecule has 0 atom stereocenters. The Morgan fingerprint density at radius 2 is 1.93 bits per heavy atom.